The van der Waals surface area contributed by atoms with Crippen molar-refractivity contribution in [2.75, 3.05) is 7.11 Å². The Morgan fingerprint density at radius 1 is 1.33 bits per heavy atom. The monoisotopic (exact) mass is 366 g/mol. The maximum Gasteiger partial charge on any atom is 0.265 e. The van der Waals surface area contributed by atoms with Gasteiger partial charge in [-0.2, -0.15) is 0 Å². The lowest BCUT2D eigenvalue weighted by molar-refractivity contribution is -0.120. The molecule has 1 heterocycles. The van der Waals surface area contributed by atoms with E-state index in [1.54, 1.807) is 7.11 Å². The smallest absolute Gasteiger partial charge is 0.265 e. The van der Waals surface area contributed by atoms with Gasteiger partial charge in [0.1, 0.15) is 10.6 Å². The SMILES string of the molecule is COc1ccccc1C1CC1C(=O)NS(=O)(=O)c1cncc(Cl)c1. The number of sulfonamides is 1. The molecule has 0 spiro atoms. The van der Waals surface area contributed by atoms with Gasteiger partial charge < -0.3 is 4.74 Å². The number of para-hydroxylation sites is 1. The second kappa shape index (κ2) is 6.41. The van der Waals surface area contributed by atoms with E-state index in [1.165, 1.54) is 12.3 Å². The summed E-state index contributed by atoms with van der Waals surface area (Å²) in [5.41, 5.74) is 0.905. The van der Waals surface area contributed by atoms with Crippen molar-refractivity contribution in [3.05, 3.63) is 53.3 Å². The highest BCUT2D eigenvalue weighted by Gasteiger charge is 2.46. The second-order valence-electron chi connectivity index (χ2n) is 5.50. The Morgan fingerprint density at radius 2 is 2.08 bits per heavy atom. The first-order chi connectivity index (χ1) is 11.4. The van der Waals surface area contributed by atoms with E-state index in [1.807, 2.05) is 24.3 Å². The third-order valence-electron chi connectivity index (χ3n) is 3.89. The lowest BCUT2D eigenvalue weighted by Gasteiger charge is -2.09. The summed E-state index contributed by atoms with van der Waals surface area (Å²) < 4.78 is 31.9. The molecule has 2 atom stereocenters. The minimum atomic E-state index is -3.99. The van der Waals surface area contributed by atoms with Gasteiger partial charge in [0.2, 0.25) is 5.91 Å². The molecular formula is C16H15ClN2O4S. The Bertz CT molecular complexity index is 885. The Morgan fingerprint density at radius 3 is 2.79 bits per heavy atom. The molecule has 1 aromatic carbocycles. The van der Waals surface area contributed by atoms with Crippen LogP contribution in [0.15, 0.2) is 47.6 Å². The third-order valence-corrected chi connectivity index (χ3v) is 5.41. The minimum absolute atomic E-state index is 0.0474. The molecule has 8 heteroatoms. The molecule has 1 saturated carbocycles. The van der Waals surface area contributed by atoms with Gasteiger partial charge in [-0.1, -0.05) is 29.8 Å². The van der Waals surface area contributed by atoms with Crippen LogP contribution < -0.4 is 9.46 Å². The number of hydrogen-bond acceptors (Lipinski definition) is 5. The summed E-state index contributed by atoms with van der Waals surface area (Å²) in [4.78, 5) is 15.9. The van der Waals surface area contributed by atoms with Crippen molar-refractivity contribution in [3.63, 3.8) is 0 Å². The number of pyridine rings is 1. The zero-order chi connectivity index (χ0) is 17.3. The minimum Gasteiger partial charge on any atom is -0.496 e. The average Bonchev–Trinajstić information content (AvgIpc) is 3.35. The molecule has 0 aliphatic heterocycles. The van der Waals surface area contributed by atoms with Crippen LogP contribution in [0.25, 0.3) is 0 Å². The normalized spacial score (nSPS) is 19.6. The van der Waals surface area contributed by atoms with Crippen molar-refractivity contribution in [2.45, 2.75) is 17.2 Å². The molecule has 2 unspecified atom stereocenters. The van der Waals surface area contributed by atoms with Crippen LogP contribution in [0.4, 0.5) is 0 Å². The molecule has 1 aromatic heterocycles. The molecule has 24 heavy (non-hydrogen) atoms. The molecule has 6 nitrogen and oxygen atoms in total. The number of methoxy groups -OCH3 is 1. The number of nitrogens with zero attached hydrogens (tertiary/aromatic N) is 1. The van der Waals surface area contributed by atoms with E-state index in [0.29, 0.717) is 12.2 Å². The van der Waals surface area contributed by atoms with E-state index in [4.69, 9.17) is 16.3 Å². The summed E-state index contributed by atoms with van der Waals surface area (Å²) in [6.45, 7) is 0. The topological polar surface area (TPSA) is 85.4 Å². The van der Waals surface area contributed by atoms with Gasteiger partial charge in [0.25, 0.3) is 10.0 Å². The summed E-state index contributed by atoms with van der Waals surface area (Å²) in [5.74, 6) is -0.289. The molecule has 126 valence electrons. The maximum atomic E-state index is 12.3. The number of ether oxygens (including phenoxy) is 1. The van der Waals surface area contributed by atoms with Gasteiger partial charge in [0.15, 0.2) is 0 Å². The van der Waals surface area contributed by atoms with Crippen LogP contribution in [0.2, 0.25) is 5.02 Å². The van der Waals surface area contributed by atoms with E-state index in [-0.39, 0.29) is 15.8 Å². The highest BCUT2D eigenvalue weighted by atomic mass is 35.5. The molecular weight excluding hydrogens is 352 g/mol. The third kappa shape index (κ3) is 3.37. The zero-order valence-electron chi connectivity index (χ0n) is 12.8. The first-order valence-electron chi connectivity index (χ1n) is 7.22. The summed E-state index contributed by atoms with van der Waals surface area (Å²) in [6, 6.07) is 8.65. The van der Waals surface area contributed by atoms with Gasteiger partial charge >= 0.3 is 0 Å². The lowest BCUT2D eigenvalue weighted by atomic mass is 10.1. The van der Waals surface area contributed by atoms with Crippen LogP contribution in [0.5, 0.6) is 5.75 Å². The van der Waals surface area contributed by atoms with Crippen LogP contribution in [0, 0.1) is 5.92 Å². The quantitative estimate of drug-likeness (QED) is 0.877. The maximum absolute atomic E-state index is 12.3. The van der Waals surface area contributed by atoms with E-state index in [0.717, 1.165) is 11.8 Å². The number of amides is 1. The number of hydrogen-bond donors (Lipinski definition) is 1. The average molecular weight is 367 g/mol. The number of aromatic nitrogens is 1. The van der Waals surface area contributed by atoms with Gasteiger partial charge in [-0.15, -0.1) is 0 Å². The molecule has 0 saturated heterocycles. The summed E-state index contributed by atoms with van der Waals surface area (Å²) in [5, 5.41) is 0.184. The van der Waals surface area contributed by atoms with Gasteiger partial charge in [0, 0.05) is 18.3 Å². The highest BCUT2D eigenvalue weighted by Crippen LogP contribution is 2.50. The van der Waals surface area contributed by atoms with Crippen molar-refractivity contribution in [2.24, 2.45) is 5.92 Å². The summed E-state index contributed by atoms with van der Waals surface area (Å²) in [6.07, 6.45) is 3.04. The summed E-state index contributed by atoms with van der Waals surface area (Å²) in [7, 11) is -2.42. The number of rotatable bonds is 5. The Hall–Kier alpha value is -2.12. The fraction of sp³-hybridized carbons (Fsp3) is 0.250. The number of benzene rings is 1. The first-order valence-corrected chi connectivity index (χ1v) is 9.08. The summed E-state index contributed by atoms with van der Waals surface area (Å²) >= 11 is 5.75. The molecule has 0 bridgehead atoms. The van der Waals surface area contributed by atoms with Crippen molar-refractivity contribution in [3.8, 4) is 5.75 Å². The zero-order valence-corrected chi connectivity index (χ0v) is 14.3. The molecule has 1 fully saturated rings. The van der Waals surface area contributed by atoms with Crippen LogP contribution in [-0.2, 0) is 14.8 Å². The number of halogens is 1. The molecule has 3 rings (SSSR count). The first kappa shape index (κ1) is 16.7. The van der Waals surface area contributed by atoms with Crippen LogP contribution in [-0.4, -0.2) is 26.4 Å². The highest BCUT2D eigenvalue weighted by molar-refractivity contribution is 7.90. The van der Waals surface area contributed by atoms with Crippen LogP contribution in [0.3, 0.4) is 0 Å². The largest absolute Gasteiger partial charge is 0.496 e. The molecule has 0 radical (unpaired) electrons. The van der Waals surface area contributed by atoms with Crippen LogP contribution >= 0.6 is 11.6 Å². The fourth-order valence-corrected chi connectivity index (χ4v) is 3.86. The van der Waals surface area contributed by atoms with Gasteiger partial charge in [-0.05, 0) is 30.0 Å². The fourth-order valence-electron chi connectivity index (χ4n) is 2.61. The predicted octanol–water partition coefficient (Wildman–Crippen LogP) is 2.35. The van der Waals surface area contributed by atoms with Gasteiger partial charge in [-0.3, -0.25) is 9.78 Å². The van der Waals surface area contributed by atoms with E-state index in [2.05, 4.69) is 9.71 Å². The number of nitrogens with one attached hydrogen (secondary N) is 1. The molecule has 1 N–H and O–H groups in total. The van der Waals surface area contributed by atoms with Gasteiger partial charge in [0.05, 0.1) is 12.1 Å². The van der Waals surface area contributed by atoms with E-state index >= 15 is 0 Å². The van der Waals surface area contributed by atoms with Crippen molar-refractivity contribution in [1.29, 1.82) is 0 Å². The Balaban J connectivity index is 1.73. The lowest BCUT2D eigenvalue weighted by Crippen LogP contribution is -2.32. The number of carbonyl (C=O) groups is 1. The van der Waals surface area contributed by atoms with E-state index < -0.39 is 21.8 Å². The molecule has 1 amide bonds. The van der Waals surface area contributed by atoms with Crippen molar-refractivity contribution < 1.29 is 17.9 Å². The molecule has 1 aliphatic carbocycles. The Labute approximate surface area is 144 Å². The number of carbonyl (C=O) groups excluding carboxylic acids is 1. The van der Waals surface area contributed by atoms with Crippen LogP contribution in [0.1, 0.15) is 17.9 Å². The van der Waals surface area contributed by atoms with Crippen molar-refractivity contribution in [1.82, 2.24) is 9.71 Å². The molecule has 1 aliphatic rings. The van der Waals surface area contributed by atoms with Crippen molar-refractivity contribution >= 4 is 27.5 Å². The Kier molecular flexibility index (Phi) is 4.47. The molecule has 2 aromatic rings. The second-order valence-corrected chi connectivity index (χ2v) is 7.62. The van der Waals surface area contributed by atoms with Gasteiger partial charge in [-0.25, -0.2) is 13.1 Å². The van der Waals surface area contributed by atoms with E-state index in [9.17, 15) is 13.2 Å². The standard InChI is InChI=1S/C16H15ClN2O4S/c1-23-15-5-3-2-4-12(15)13-7-14(13)16(20)19-24(21,22)11-6-10(17)8-18-9-11/h2-6,8-9,13-14H,7H2,1H3,(H,19,20). The predicted molar refractivity (Wildman–Crippen MR) is 88.4 cm³/mol.